The Morgan fingerprint density at radius 2 is 2.00 bits per heavy atom. The molecule has 3 aromatic rings. The summed E-state index contributed by atoms with van der Waals surface area (Å²) in [7, 11) is 2.15. The predicted octanol–water partition coefficient (Wildman–Crippen LogP) is 3.28. The van der Waals surface area contributed by atoms with Gasteiger partial charge >= 0.3 is 0 Å². The lowest BCUT2D eigenvalue weighted by Crippen LogP contribution is -2.38. The van der Waals surface area contributed by atoms with Crippen molar-refractivity contribution in [1.29, 1.82) is 0 Å². The molecule has 1 N–H and O–H groups in total. The first-order chi connectivity index (χ1) is 16.2. The first-order valence-electron chi connectivity index (χ1n) is 11.5. The second-order valence-corrected chi connectivity index (χ2v) is 8.34. The molecule has 0 radical (unpaired) electrons. The van der Waals surface area contributed by atoms with Crippen molar-refractivity contribution in [2.45, 2.75) is 31.5 Å². The molecule has 1 aliphatic rings. The second kappa shape index (κ2) is 11.6. The molecular formula is C26H32N4O3. The first kappa shape index (κ1) is 23.0. The SMILES string of the molecule is CN(CCOc1cccc(CNC(=O)C(c2ccccc2)n2cccn2)c1)C1CCOCC1. The number of nitrogens with zero attached hydrogens (tertiary/aromatic N) is 3. The summed E-state index contributed by atoms with van der Waals surface area (Å²) in [6.07, 6.45) is 5.65. The van der Waals surface area contributed by atoms with E-state index in [0.717, 1.165) is 49.5 Å². The summed E-state index contributed by atoms with van der Waals surface area (Å²) < 4.78 is 13.1. The number of carbonyl (C=O) groups is 1. The van der Waals surface area contributed by atoms with Gasteiger partial charge in [0.1, 0.15) is 12.4 Å². The van der Waals surface area contributed by atoms with Gasteiger partial charge in [0.2, 0.25) is 5.91 Å². The highest BCUT2D eigenvalue weighted by Crippen LogP contribution is 2.19. The molecule has 174 valence electrons. The Morgan fingerprint density at radius 3 is 2.76 bits per heavy atom. The topological polar surface area (TPSA) is 68.6 Å². The highest BCUT2D eigenvalue weighted by atomic mass is 16.5. The molecule has 33 heavy (non-hydrogen) atoms. The van der Waals surface area contributed by atoms with Gasteiger partial charge in [-0.05, 0) is 49.2 Å². The molecule has 0 bridgehead atoms. The summed E-state index contributed by atoms with van der Waals surface area (Å²) >= 11 is 0. The molecule has 7 heteroatoms. The zero-order valence-corrected chi connectivity index (χ0v) is 19.1. The van der Waals surface area contributed by atoms with E-state index in [1.54, 1.807) is 10.9 Å². The zero-order valence-electron chi connectivity index (χ0n) is 19.1. The van der Waals surface area contributed by atoms with Gasteiger partial charge in [0, 0.05) is 44.7 Å². The summed E-state index contributed by atoms with van der Waals surface area (Å²) in [4.78, 5) is 15.4. The molecule has 2 heterocycles. The third-order valence-corrected chi connectivity index (χ3v) is 6.05. The Morgan fingerprint density at radius 1 is 1.18 bits per heavy atom. The minimum absolute atomic E-state index is 0.102. The molecule has 0 saturated carbocycles. The van der Waals surface area contributed by atoms with E-state index in [1.165, 1.54) is 0 Å². The molecule has 1 amide bonds. The van der Waals surface area contributed by atoms with Crippen molar-refractivity contribution in [1.82, 2.24) is 20.0 Å². The van der Waals surface area contributed by atoms with Crippen LogP contribution < -0.4 is 10.1 Å². The molecular weight excluding hydrogens is 416 g/mol. The van der Waals surface area contributed by atoms with Crippen LogP contribution in [-0.2, 0) is 16.1 Å². The van der Waals surface area contributed by atoms with Crippen molar-refractivity contribution in [3.8, 4) is 5.75 Å². The van der Waals surface area contributed by atoms with Gasteiger partial charge in [-0.1, -0.05) is 42.5 Å². The Hall–Kier alpha value is -3.16. The van der Waals surface area contributed by atoms with Crippen molar-refractivity contribution in [2.75, 3.05) is 33.4 Å². The number of hydrogen-bond donors (Lipinski definition) is 1. The Balaban J connectivity index is 1.31. The third-order valence-electron chi connectivity index (χ3n) is 6.05. The lowest BCUT2D eigenvalue weighted by molar-refractivity contribution is -0.123. The van der Waals surface area contributed by atoms with E-state index < -0.39 is 6.04 Å². The molecule has 0 spiro atoms. The zero-order chi connectivity index (χ0) is 22.9. The number of benzene rings is 2. The molecule has 0 aliphatic carbocycles. The normalized spacial score (nSPS) is 15.3. The summed E-state index contributed by atoms with van der Waals surface area (Å²) in [5, 5.41) is 7.34. The first-order valence-corrected chi connectivity index (χ1v) is 11.5. The van der Waals surface area contributed by atoms with Gasteiger partial charge in [-0.3, -0.25) is 14.4 Å². The number of ether oxygens (including phenoxy) is 2. The maximum Gasteiger partial charge on any atom is 0.249 e. The largest absolute Gasteiger partial charge is 0.492 e. The molecule has 1 saturated heterocycles. The van der Waals surface area contributed by atoms with Crippen LogP contribution in [0.25, 0.3) is 0 Å². The molecule has 2 aromatic carbocycles. The minimum Gasteiger partial charge on any atom is -0.492 e. The molecule has 1 aliphatic heterocycles. The van der Waals surface area contributed by atoms with Crippen molar-refractivity contribution in [3.05, 3.63) is 84.2 Å². The number of likely N-dealkylation sites (N-methyl/N-ethyl adjacent to an activating group) is 1. The van der Waals surface area contributed by atoms with Crippen LogP contribution in [0.3, 0.4) is 0 Å². The molecule has 4 rings (SSSR count). The number of hydrogen-bond acceptors (Lipinski definition) is 5. The second-order valence-electron chi connectivity index (χ2n) is 8.34. The highest BCUT2D eigenvalue weighted by Gasteiger charge is 2.22. The van der Waals surface area contributed by atoms with Gasteiger partial charge in [-0.15, -0.1) is 0 Å². The highest BCUT2D eigenvalue weighted by molar-refractivity contribution is 5.83. The van der Waals surface area contributed by atoms with Crippen LogP contribution in [0.15, 0.2) is 73.1 Å². The van der Waals surface area contributed by atoms with Crippen molar-refractivity contribution in [2.24, 2.45) is 0 Å². The van der Waals surface area contributed by atoms with E-state index >= 15 is 0 Å². The third kappa shape index (κ3) is 6.43. The maximum atomic E-state index is 13.1. The van der Waals surface area contributed by atoms with Gasteiger partial charge in [0.15, 0.2) is 6.04 Å². The fourth-order valence-corrected chi connectivity index (χ4v) is 4.14. The summed E-state index contributed by atoms with van der Waals surface area (Å²) in [6, 6.07) is 19.5. The van der Waals surface area contributed by atoms with E-state index in [9.17, 15) is 4.79 Å². The lowest BCUT2D eigenvalue weighted by Gasteiger charge is -2.31. The van der Waals surface area contributed by atoms with Crippen LogP contribution in [0, 0.1) is 0 Å². The van der Waals surface area contributed by atoms with Crippen molar-refractivity contribution >= 4 is 5.91 Å². The average Bonchev–Trinajstić information content (AvgIpc) is 3.39. The summed E-state index contributed by atoms with van der Waals surface area (Å²) in [5.74, 6) is 0.711. The van der Waals surface area contributed by atoms with E-state index in [4.69, 9.17) is 9.47 Å². The van der Waals surface area contributed by atoms with Gasteiger partial charge < -0.3 is 14.8 Å². The van der Waals surface area contributed by atoms with Crippen LogP contribution in [0.5, 0.6) is 5.75 Å². The van der Waals surface area contributed by atoms with Crippen LogP contribution >= 0.6 is 0 Å². The Kier molecular flexibility index (Phi) is 8.11. The average molecular weight is 449 g/mol. The smallest absolute Gasteiger partial charge is 0.249 e. The fraction of sp³-hybridized carbons (Fsp3) is 0.385. The molecule has 1 atom stereocenters. The molecule has 7 nitrogen and oxygen atoms in total. The van der Waals surface area contributed by atoms with E-state index in [-0.39, 0.29) is 5.91 Å². The lowest BCUT2D eigenvalue weighted by atomic mass is 10.1. The van der Waals surface area contributed by atoms with Crippen LogP contribution in [0.1, 0.15) is 30.0 Å². The van der Waals surface area contributed by atoms with Gasteiger partial charge in [0.25, 0.3) is 0 Å². The van der Waals surface area contributed by atoms with Crippen LogP contribution in [0.2, 0.25) is 0 Å². The van der Waals surface area contributed by atoms with E-state index in [0.29, 0.717) is 19.2 Å². The summed E-state index contributed by atoms with van der Waals surface area (Å²) in [5.41, 5.74) is 1.88. The minimum atomic E-state index is -0.513. The predicted molar refractivity (Wildman–Crippen MR) is 127 cm³/mol. The van der Waals surface area contributed by atoms with E-state index in [2.05, 4.69) is 22.4 Å². The standard InChI is InChI=1S/C26H32N4O3/c1-29(23-11-16-32-17-12-23)15-18-33-24-10-5-7-21(19-24)20-27-26(31)25(30-14-6-13-28-30)22-8-3-2-4-9-22/h2-10,13-14,19,23,25H,11-12,15-18,20H2,1H3,(H,27,31). The summed E-state index contributed by atoms with van der Waals surface area (Å²) in [6.45, 7) is 3.60. The number of amides is 1. The number of rotatable bonds is 10. The quantitative estimate of drug-likeness (QED) is 0.516. The fourth-order valence-electron chi connectivity index (χ4n) is 4.14. The number of aromatic nitrogens is 2. The van der Waals surface area contributed by atoms with Gasteiger partial charge in [0.05, 0.1) is 0 Å². The van der Waals surface area contributed by atoms with E-state index in [1.807, 2.05) is 66.9 Å². The Bertz CT molecular complexity index is 988. The maximum absolute atomic E-state index is 13.1. The van der Waals surface area contributed by atoms with Gasteiger partial charge in [-0.25, -0.2) is 0 Å². The van der Waals surface area contributed by atoms with Crippen LogP contribution in [0.4, 0.5) is 0 Å². The number of carbonyl (C=O) groups excluding carboxylic acids is 1. The molecule has 1 fully saturated rings. The molecule has 1 unspecified atom stereocenters. The monoisotopic (exact) mass is 448 g/mol. The van der Waals surface area contributed by atoms with Crippen molar-refractivity contribution < 1.29 is 14.3 Å². The Labute approximate surface area is 195 Å². The number of nitrogens with one attached hydrogen (secondary N) is 1. The van der Waals surface area contributed by atoms with Gasteiger partial charge in [-0.2, -0.15) is 5.10 Å². The van der Waals surface area contributed by atoms with Crippen molar-refractivity contribution in [3.63, 3.8) is 0 Å². The van der Waals surface area contributed by atoms with Crippen LogP contribution in [-0.4, -0.2) is 60.0 Å². The molecule has 1 aromatic heterocycles.